The molecule has 1 fully saturated rings. The lowest BCUT2D eigenvalue weighted by Crippen LogP contribution is -2.43. The van der Waals surface area contributed by atoms with Gasteiger partial charge in [-0.25, -0.2) is 4.68 Å². The van der Waals surface area contributed by atoms with Crippen LogP contribution in [0.2, 0.25) is 0 Å². The standard InChI is InChI=1S/C22H25N5O/c28-22(21(27-17-23-24-25-27)16-19-9-5-2-6-10-19)26-13-11-20(12-14-26)15-18-7-3-1-4-8-18/h1-10,17,20-21H,11-16H2. The molecule has 3 aromatic rings. The molecule has 1 atom stereocenters. The van der Waals surface area contributed by atoms with Crippen LogP contribution in [0.25, 0.3) is 0 Å². The van der Waals surface area contributed by atoms with Gasteiger partial charge in [0, 0.05) is 19.5 Å². The topological polar surface area (TPSA) is 63.9 Å². The summed E-state index contributed by atoms with van der Waals surface area (Å²) in [6.07, 6.45) is 5.29. The van der Waals surface area contributed by atoms with E-state index in [1.807, 2.05) is 35.2 Å². The Morgan fingerprint density at radius 1 is 0.964 bits per heavy atom. The van der Waals surface area contributed by atoms with E-state index in [1.54, 1.807) is 4.68 Å². The van der Waals surface area contributed by atoms with Crippen LogP contribution in [0.5, 0.6) is 0 Å². The lowest BCUT2D eigenvalue weighted by Gasteiger charge is -2.34. The lowest BCUT2D eigenvalue weighted by molar-refractivity contribution is -0.136. The fourth-order valence-electron chi connectivity index (χ4n) is 3.96. The normalized spacial score (nSPS) is 16.1. The molecule has 0 radical (unpaired) electrons. The number of likely N-dealkylation sites (tertiary alicyclic amines) is 1. The number of aromatic nitrogens is 4. The van der Waals surface area contributed by atoms with Gasteiger partial charge in [-0.3, -0.25) is 4.79 Å². The number of tetrazole rings is 1. The van der Waals surface area contributed by atoms with Crippen molar-refractivity contribution >= 4 is 5.91 Å². The van der Waals surface area contributed by atoms with E-state index in [4.69, 9.17) is 0 Å². The van der Waals surface area contributed by atoms with Gasteiger partial charge in [0.1, 0.15) is 12.4 Å². The fraction of sp³-hybridized carbons (Fsp3) is 0.364. The molecule has 0 spiro atoms. The zero-order valence-corrected chi connectivity index (χ0v) is 15.9. The highest BCUT2D eigenvalue weighted by Gasteiger charge is 2.30. The van der Waals surface area contributed by atoms with Crippen LogP contribution in [0.15, 0.2) is 67.0 Å². The molecule has 1 amide bonds. The van der Waals surface area contributed by atoms with Gasteiger partial charge in [0.25, 0.3) is 0 Å². The number of piperidine rings is 1. The fourth-order valence-corrected chi connectivity index (χ4v) is 3.96. The maximum atomic E-state index is 13.3. The predicted octanol–water partition coefficient (Wildman–Crippen LogP) is 2.94. The van der Waals surface area contributed by atoms with Crippen LogP contribution in [0.1, 0.15) is 30.0 Å². The summed E-state index contributed by atoms with van der Waals surface area (Å²) in [4.78, 5) is 15.3. The van der Waals surface area contributed by atoms with Crippen LogP contribution in [0.3, 0.4) is 0 Å². The molecule has 1 aliphatic heterocycles. The van der Waals surface area contributed by atoms with Crippen molar-refractivity contribution in [1.82, 2.24) is 25.1 Å². The first-order valence-corrected chi connectivity index (χ1v) is 9.88. The number of hydrogen-bond acceptors (Lipinski definition) is 4. The minimum absolute atomic E-state index is 0.106. The molecule has 6 heteroatoms. The molecule has 0 bridgehead atoms. The average Bonchev–Trinajstić information content (AvgIpc) is 3.28. The molecular formula is C22H25N5O. The Morgan fingerprint density at radius 2 is 1.61 bits per heavy atom. The van der Waals surface area contributed by atoms with Crippen molar-refractivity contribution in [1.29, 1.82) is 0 Å². The van der Waals surface area contributed by atoms with Gasteiger partial charge in [0.2, 0.25) is 5.91 Å². The zero-order valence-electron chi connectivity index (χ0n) is 15.9. The second kappa shape index (κ2) is 8.78. The van der Waals surface area contributed by atoms with E-state index in [-0.39, 0.29) is 5.91 Å². The molecule has 2 aromatic carbocycles. The van der Waals surface area contributed by atoms with Gasteiger partial charge >= 0.3 is 0 Å². The van der Waals surface area contributed by atoms with Crippen molar-refractivity contribution in [3.63, 3.8) is 0 Å². The van der Waals surface area contributed by atoms with E-state index < -0.39 is 6.04 Å². The third-order valence-corrected chi connectivity index (χ3v) is 5.53. The number of rotatable bonds is 6. The third-order valence-electron chi connectivity index (χ3n) is 5.53. The molecule has 144 valence electrons. The minimum Gasteiger partial charge on any atom is -0.341 e. The Balaban J connectivity index is 1.40. The van der Waals surface area contributed by atoms with E-state index in [0.29, 0.717) is 12.3 Å². The molecule has 1 saturated heterocycles. The van der Waals surface area contributed by atoms with Crippen LogP contribution in [-0.2, 0) is 17.6 Å². The first-order valence-electron chi connectivity index (χ1n) is 9.88. The van der Waals surface area contributed by atoms with Gasteiger partial charge in [-0.15, -0.1) is 5.10 Å². The molecule has 1 unspecified atom stereocenters. The Hall–Kier alpha value is -3.02. The largest absolute Gasteiger partial charge is 0.341 e. The van der Waals surface area contributed by atoms with Gasteiger partial charge in [-0.1, -0.05) is 60.7 Å². The third kappa shape index (κ3) is 4.44. The van der Waals surface area contributed by atoms with E-state index in [0.717, 1.165) is 37.9 Å². The molecule has 0 aliphatic carbocycles. The summed E-state index contributed by atoms with van der Waals surface area (Å²) in [5.41, 5.74) is 2.48. The van der Waals surface area contributed by atoms with Crippen LogP contribution >= 0.6 is 0 Å². The summed E-state index contributed by atoms with van der Waals surface area (Å²) in [6, 6.07) is 20.2. The molecule has 1 aliphatic rings. The average molecular weight is 375 g/mol. The summed E-state index contributed by atoms with van der Waals surface area (Å²) in [5.74, 6) is 0.737. The lowest BCUT2D eigenvalue weighted by atomic mass is 9.90. The monoisotopic (exact) mass is 375 g/mol. The van der Waals surface area contributed by atoms with Gasteiger partial charge in [-0.05, 0) is 46.7 Å². The second-order valence-electron chi connectivity index (χ2n) is 7.45. The van der Waals surface area contributed by atoms with Crippen LogP contribution < -0.4 is 0 Å². The number of carbonyl (C=O) groups excluding carboxylic acids is 1. The summed E-state index contributed by atoms with van der Waals surface area (Å²) in [7, 11) is 0. The number of hydrogen-bond donors (Lipinski definition) is 0. The Kier molecular flexibility index (Phi) is 5.75. The number of benzene rings is 2. The van der Waals surface area contributed by atoms with Gasteiger partial charge in [0.15, 0.2) is 0 Å². The summed E-state index contributed by atoms with van der Waals surface area (Å²) >= 11 is 0. The summed E-state index contributed by atoms with van der Waals surface area (Å²) in [6.45, 7) is 1.59. The molecule has 1 aromatic heterocycles. The highest BCUT2D eigenvalue weighted by Crippen LogP contribution is 2.24. The second-order valence-corrected chi connectivity index (χ2v) is 7.45. The maximum absolute atomic E-state index is 13.3. The zero-order chi connectivity index (χ0) is 19.2. The van der Waals surface area contributed by atoms with Crippen molar-refractivity contribution in [3.8, 4) is 0 Å². The predicted molar refractivity (Wildman–Crippen MR) is 106 cm³/mol. The van der Waals surface area contributed by atoms with Crippen molar-refractivity contribution in [3.05, 3.63) is 78.1 Å². The molecule has 0 N–H and O–H groups in total. The Bertz CT molecular complexity index is 858. The highest BCUT2D eigenvalue weighted by atomic mass is 16.2. The van der Waals surface area contributed by atoms with Crippen molar-refractivity contribution in [2.75, 3.05) is 13.1 Å². The molecule has 0 saturated carbocycles. The SMILES string of the molecule is O=C(C(Cc1ccccc1)n1cnnn1)N1CCC(Cc2ccccc2)CC1. The number of nitrogens with zero attached hydrogens (tertiary/aromatic N) is 5. The number of carbonyl (C=O) groups is 1. The van der Waals surface area contributed by atoms with Crippen molar-refractivity contribution in [2.24, 2.45) is 5.92 Å². The van der Waals surface area contributed by atoms with Crippen molar-refractivity contribution < 1.29 is 4.79 Å². The van der Waals surface area contributed by atoms with Crippen molar-refractivity contribution in [2.45, 2.75) is 31.7 Å². The number of amides is 1. The molecular weight excluding hydrogens is 350 g/mol. The Labute approximate surface area is 165 Å². The van der Waals surface area contributed by atoms with E-state index in [2.05, 4.69) is 45.9 Å². The smallest absolute Gasteiger partial charge is 0.247 e. The molecule has 2 heterocycles. The Morgan fingerprint density at radius 3 is 2.21 bits per heavy atom. The maximum Gasteiger partial charge on any atom is 0.247 e. The van der Waals surface area contributed by atoms with Crippen LogP contribution in [0, 0.1) is 5.92 Å². The first-order chi connectivity index (χ1) is 13.8. The molecule has 4 rings (SSSR count). The minimum atomic E-state index is -0.400. The van der Waals surface area contributed by atoms with Gasteiger partial charge in [0.05, 0.1) is 0 Å². The quantitative estimate of drug-likeness (QED) is 0.664. The van der Waals surface area contributed by atoms with Gasteiger partial charge in [-0.2, -0.15) is 0 Å². The van der Waals surface area contributed by atoms with E-state index >= 15 is 0 Å². The molecule has 6 nitrogen and oxygen atoms in total. The highest BCUT2D eigenvalue weighted by molar-refractivity contribution is 5.80. The van der Waals surface area contributed by atoms with E-state index in [9.17, 15) is 4.79 Å². The summed E-state index contributed by atoms with van der Waals surface area (Å²) < 4.78 is 1.59. The first kappa shape index (κ1) is 18.3. The molecule has 28 heavy (non-hydrogen) atoms. The van der Waals surface area contributed by atoms with E-state index in [1.165, 1.54) is 11.9 Å². The van der Waals surface area contributed by atoms with Gasteiger partial charge < -0.3 is 4.90 Å². The van der Waals surface area contributed by atoms with Crippen LogP contribution in [-0.4, -0.2) is 44.1 Å². The summed E-state index contributed by atoms with van der Waals surface area (Å²) in [5, 5.41) is 11.5. The van der Waals surface area contributed by atoms with Crippen LogP contribution in [0.4, 0.5) is 0 Å².